The molecule has 2 atom stereocenters. The topological polar surface area (TPSA) is 63.2 Å². The predicted molar refractivity (Wildman–Crippen MR) is 84.5 cm³/mol. The highest BCUT2D eigenvalue weighted by molar-refractivity contribution is 7.09. The molecule has 0 spiro atoms. The van der Waals surface area contributed by atoms with Crippen LogP contribution in [0.15, 0.2) is 5.38 Å². The highest BCUT2D eigenvalue weighted by Gasteiger charge is 2.21. The van der Waals surface area contributed by atoms with E-state index >= 15 is 0 Å². The molecule has 6 heteroatoms. The van der Waals surface area contributed by atoms with Gasteiger partial charge in [-0.15, -0.1) is 11.3 Å². The molecule has 1 aliphatic rings. The van der Waals surface area contributed by atoms with Crippen LogP contribution in [0.1, 0.15) is 43.3 Å². The van der Waals surface area contributed by atoms with Crippen molar-refractivity contribution in [1.29, 1.82) is 0 Å². The van der Waals surface area contributed by atoms with Crippen LogP contribution in [0.3, 0.4) is 0 Å². The van der Waals surface area contributed by atoms with Gasteiger partial charge < -0.3 is 15.4 Å². The zero-order valence-corrected chi connectivity index (χ0v) is 13.7. The Morgan fingerprint density at radius 1 is 1.43 bits per heavy atom. The minimum atomic E-state index is -0.166. The lowest BCUT2D eigenvalue weighted by atomic mass is 9.88. The van der Waals surface area contributed by atoms with Crippen LogP contribution in [0.2, 0.25) is 0 Å². The molecule has 2 amide bonds. The maximum atomic E-state index is 11.6. The van der Waals surface area contributed by atoms with Crippen LogP contribution in [0.25, 0.3) is 0 Å². The quantitative estimate of drug-likeness (QED) is 0.794. The minimum Gasteiger partial charge on any atom is -0.376 e. The first kappa shape index (κ1) is 16.2. The number of amides is 2. The number of hydrogen-bond acceptors (Lipinski definition) is 4. The van der Waals surface area contributed by atoms with Crippen LogP contribution in [-0.2, 0) is 11.3 Å². The van der Waals surface area contributed by atoms with Crippen molar-refractivity contribution in [1.82, 2.24) is 15.6 Å². The van der Waals surface area contributed by atoms with E-state index in [1.807, 2.05) is 12.3 Å². The van der Waals surface area contributed by atoms with E-state index in [4.69, 9.17) is 4.74 Å². The summed E-state index contributed by atoms with van der Waals surface area (Å²) in [5.41, 5.74) is 0.903. The molecule has 1 aliphatic carbocycles. The van der Waals surface area contributed by atoms with Crippen molar-refractivity contribution < 1.29 is 9.53 Å². The van der Waals surface area contributed by atoms with Crippen molar-refractivity contribution in [3.05, 3.63) is 16.1 Å². The third-order valence-corrected chi connectivity index (χ3v) is 4.67. The van der Waals surface area contributed by atoms with Crippen molar-refractivity contribution >= 4 is 17.4 Å². The van der Waals surface area contributed by atoms with Gasteiger partial charge in [0, 0.05) is 11.9 Å². The largest absolute Gasteiger partial charge is 0.376 e. The second-order valence-electron chi connectivity index (χ2n) is 5.64. The summed E-state index contributed by atoms with van der Waals surface area (Å²) in [6, 6.07) is -0.166. The lowest BCUT2D eigenvalue weighted by Crippen LogP contribution is -2.38. The fraction of sp³-hybridized carbons (Fsp3) is 0.733. The van der Waals surface area contributed by atoms with E-state index in [0.717, 1.165) is 17.1 Å². The van der Waals surface area contributed by atoms with Crippen LogP contribution in [0.4, 0.5) is 4.79 Å². The monoisotopic (exact) mass is 311 g/mol. The van der Waals surface area contributed by atoms with Crippen LogP contribution >= 0.6 is 11.3 Å². The first-order valence-corrected chi connectivity index (χ1v) is 8.57. The summed E-state index contributed by atoms with van der Waals surface area (Å²) in [7, 11) is 0. The van der Waals surface area contributed by atoms with Crippen LogP contribution < -0.4 is 10.6 Å². The molecule has 1 heterocycles. The van der Waals surface area contributed by atoms with Crippen molar-refractivity contribution in [3.63, 3.8) is 0 Å². The number of carbonyl (C=O) groups excluding carboxylic acids is 1. The fourth-order valence-electron chi connectivity index (χ4n) is 2.63. The van der Waals surface area contributed by atoms with E-state index in [9.17, 15) is 4.79 Å². The van der Waals surface area contributed by atoms with Gasteiger partial charge in [0.05, 0.1) is 30.0 Å². The number of carbonyl (C=O) groups is 1. The van der Waals surface area contributed by atoms with E-state index in [2.05, 4.69) is 22.5 Å². The maximum absolute atomic E-state index is 11.6. The average molecular weight is 311 g/mol. The summed E-state index contributed by atoms with van der Waals surface area (Å²) in [5.74, 6) is 0.639. The Bertz CT molecular complexity index is 450. The van der Waals surface area contributed by atoms with E-state index in [-0.39, 0.29) is 6.03 Å². The number of urea groups is 1. The molecular weight excluding hydrogens is 286 g/mol. The maximum Gasteiger partial charge on any atom is 0.315 e. The molecule has 1 fully saturated rings. The molecule has 1 aromatic rings. The van der Waals surface area contributed by atoms with E-state index in [1.165, 1.54) is 19.3 Å². The Labute approximate surface area is 130 Å². The van der Waals surface area contributed by atoms with Gasteiger partial charge in [-0.3, -0.25) is 0 Å². The first-order chi connectivity index (χ1) is 10.1. The molecule has 0 saturated heterocycles. The number of nitrogens with zero attached hydrogens (tertiary/aromatic N) is 1. The summed E-state index contributed by atoms with van der Waals surface area (Å²) in [5, 5.41) is 8.59. The smallest absolute Gasteiger partial charge is 0.315 e. The standard InChI is InChI=1S/C15H25N3O2S/c1-11-5-3-4-6-14(11)20-8-7-16-15(19)17-9-13-10-21-12(2)18-13/h10-11,14H,3-9H2,1-2H3,(H2,16,17,19). The zero-order valence-electron chi connectivity index (χ0n) is 12.9. The first-order valence-electron chi connectivity index (χ1n) is 7.69. The SMILES string of the molecule is Cc1nc(CNC(=O)NCCOC2CCCCC2C)cs1. The molecule has 2 N–H and O–H groups in total. The fourth-order valence-corrected chi connectivity index (χ4v) is 3.24. The molecule has 0 aliphatic heterocycles. The number of ether oxygens (including phenoxy) is 1. The van der Waals surface area contributed by atoms with Gasteiger partial charge in [0.2, 0.25) is 0 Å². The average Bonchev–Trinajstić information content (AvgIpc) is 2.89. The minimum absolute atomic E-state index is 0.166. The van der Waals surface area contributed by atoms with Gasteiger partial charge in [-0.25, -0.2) is 9.78 Å². The van der Waals surface area contributed by atoms with Gasteiger partial charge >= 0.3 is 6.03 Å². The molecule has 0 radical (unpaired) electrons. The molecular formula is C15H25N3O2S. The van der Waals surface area contributed by atoms with Crippen molar-refractivity contribution in [2.75, 3.05) is 13.2 Å². The summed E-state index contributed by atoms with van der Waals surface area (Å²) in [4.78, 5) is 15.9. The summed E-state index contributed by atoms with van der Waals surface area (Å²) < 4.78 is 5.86. The molecule has 1 aromatic heterocycles. The van der Waals surface area contributed by atoms with Crippen LogP contribution in [0.5, 0.6) is 0 Å². The Morgan fingerprint density at radius 3 is 2.95 bits per heavy atom. The number of thiazole rings is 1. The van der Waals surface area contributed by atoms with E-state index < -0.39 is 0 Å². The summed E-state index contributed by atoms with van der Waals surface area (Å²) >= 11 is 1.59. The Hall–Kier alpha value is -1.14. The Morgan fingerprint density at radius 2 is 2.24 bits per heavy atom. The number of hydrogen-bond donors (Lipinski definition) is 2. The normalized spacial score (nSPS) is 22.0. The number of rotatable bonds is 6. The van der Waals surface area contributed by atoms with Crippen molar-refractivity contribution in [2.45, 2.75) is 52.2 Å². The highest BCUT2D eigenvalue weighted by Crippen LogP contribution is 2.25. The second kappa shape index (κ2) is 8.34. The molecule has 0 aromatic carbocycles. The zero-order chi connectivity index (χ0) is 15.1. The van der Waals surface area contributed by atoms with Gasteiger partial charge in [-0.05, 0) is 25.7 Å². The molecule has 1 saturated carbocycles. The van der Waals surface area contributed by atoms with Gasteiger partial charge in [0.25, 0.3) is 0 Å². The third-order valence-electron chi connectivity index (χ3n) is 3.85. The molecule has 5 nitrogen and oxygen atoms in total. The number of aromatic nitrogens is 1. The van der Waals surface area contributed by atoms with Gasteiger partial charge in [-0.2, -0.15) is 0 Å². The lowest BCUT2D eigenvalue weighted by molar-refractivity contribution is -0.00243. The van der Waals surface area contributed by atoms with Gasteiger partial charge in [-0.1, -0.05) is 19.8 Å². The molecule has 2 unspecified atom stereocenters. The Kier molecular flexibility index (Phi) is 6.45. The number of aryl methyl sites for hydroxylation is 1. The predicted octanol–water partition coefficient (Wildman–Crippen LogP) is 2.85. The third kappa shape index (κ3) is 5.63. The van der Waals surface area contributed by atoms with Crippen LogP contribution in [-0.4, -0.2) is 30.3 Å². The van der Waals surface area contributed by atoms with Gasteiger partial charge in [0.15, 0.2) is 0 Å². The van der Waals surface area contributed by atoms with E-state index in [1.54, 1.807) is 11.3 Å². The summed E-state index contributed by atoms with van der Waals surface area (Å²) in [6.07, 6.45) is 5.34. The molecule has 118 valence electrons. The van der Waals surface area contributed by atoms with Crippen molar-refractivity contribution in [2.24, 2.45) is 5.92 Å². The molecule has 0 bridgehead atoms. The summed E-state index contributed by atoms with van der Waals surface area (Å²) in [6.45, 7) is 5.80. The highest BCUT2D eigenvalue weighted by atomic mass is 32.1. The van der Waals surface area contributed by atoms with Crippen molar-refractivity contribution in [3.8, 4) is 0 Å². The second-order valence-corrected chi connectivity index (χ2v) is 6.70. The molecule has 21 heavy (non-hydrogen) atoms. The van der Waals surface area contributed by atoms with Gasteiger partial charge in [0.1, 0.15) is 0 Å². The molecule has 2 rings (SSSR count). The number of nitrogens with one attached hydrogen (secondary N) is 2. The van der Waals surface area contributed by atoms with E-state index in [0.29, 0.717) is 31.7 Å². The Balaban J connectivity index is 1.54. The lowest BCUT2D eigenvalue weighted by Gasteiger charge is -2.28. The van der Waals surface area contributed by atoms with Crippen LogP contribution in [0, 0.1) is 12.8 Å².